The predicted molar refractivity (Wildman–Crippen MR) is 68.4 cm³/mol. The highest BCUT2D eigenvalue weighted by Crippen LogP contribution is 2.23. The average Bonchev–Trinajstić information content (AvgIpc) is 2.67. The Morgan fingerprint density at radius 1 is 1.50 bits per heavy atom. The summed E-state index contributed by atoms with van der Waals surface area (Å²) in [6.45, 7) is 2.05. The molecule has 0 radical (unpaired) electrons. The first kappa shape index (κ1) is 12.9. The van der Waals surface area contributed by atoms with Crippen molar-refractivity contribution in [3.8, 4) is 5.75 Å². The fourth-order valence-electron chi connectivity index (χ4n) is 2.43. The average molecular weight is 249 g/mol. The maximum Gasteiger partial charge on any atom is 0.223 e. The van der Waals surface area contributed by atoms with Crippen LogP contribution < -0.4 is 0 Å². The smallest absolute Gasteiger partial charge is 0.223 e. The van der Waals surface area contributed by atoms with Gasteiger partial charge in [-0.15, -0.1) is 0 Å². The third kappa shape index (κ3) is 3.23. The number of carbonyl (C=O) groups excluding carboxylic acids is 1. The van der Waals surface area contributed by atoms with Gasteiger partial charge in [0.15, 0.2) is 0 Å². The highest BCUT2D eigenvalue weighted by atomic mass is 16.5. The van der Waals surface area contributed by atoms with Crippen LogP contribution in [-0.4, -0.2) is 42.7 Å². The van der Waals surface area contributed by atoms with Gasteiger partial charge in [-0.1, -0.05) is 12.1 Å². The van der Waals surface area contributed by atoms with Crippen LogP contribution in [-0.2, 0) is 16.0 Å². The Balaban J connectivity index is 1.90. The van der Waals surface area contributed by atoms with Crippen LogP contribution in [0.1, 0.15) is 12.0 Å². The van der Waals surface area contributed by atoms with Crippen molar-refractivity contribution in [2.24, 2.45) is 5.92 Å². The first-order valence-electron chi connectivity index (χ1n) is 6.23. The van der Waals surface area contributed by atoms with E-state index in [1.54, 1.807) is 19.2 Å². The second-order valence-corrected chi connectivity index (χ2v) is 4.78. The lowest BCUT2D eigenvalue weighted by Crippen LogP contribution is -2.28. The molecule has 18 heavy (non-hydrogen) atoms. The monoisotopic (exact) mass is 249 g/mol. The van der Waals surface area contributed by atoms with E-state index in [4.69, 9.17) is 4.74 Å². The molecular weight excluding hydrogens is 230 g/mol. The van der Waals surface area contributed by atoms with E-state index >= 15 is 0 Å². The molecule has 0 bridgehead atoms. The van der Waals surface area contributed by atoms with E-state index in [2.05, 4.69) is 0 Å². The van der Waals surface area contributed by atoms with Crippen LogP contribution in [0.5, 0.6) is 5.75 Å². The predicted octanol–water partition coefficient (Wildman–Crippen LogP) is 1.43. The molecule has 2 rings (SSSR count). The molecule has 1 atom stereocenters. The summed E-state index contributed by atoms with van der Waals surface area (Å²) in [7, 11) is 1.64. The summed E-state index contributed by atoms with van der Waals surface area (Å²) >= 11 is 0. The number of methoxy groups -OCH3 is 1. The molecule has 1 aromatic carbocycles. The van der Waals surface area contributed by atoms with E-state index in [1.165, 1.54) is 0 Å². The fourth-order valence-corrected chi connectivity index (χ4v) is 2.43. The number of nitrogens with zero attached hydrogens (tertiary/aromatic N) is 1. The van der Waals surface area contributed by atoms with Gasteiger partial charge in [-0.25, -0.2) is 0 Å². The molecule has 1 aliphatic heterocycles. The first-order chi connectivity index (χ1) is 8.69. The van der Waals surface area contributed by atoms with Crippen LogP contribution in [0.3, 0.4) is 0 Å². The molecule has 0 aliphatic carbocycles. The number of phenols is 1. The van der Waals surface area contributed by atoms with Crippen molar-refractivity contribution in [2.75, 3.05) is 26.8 Å². The minimum absolute atomic E-state index is 0.206. The normalized spacial score (nSPS) is 19.5. The van der Waals surface area contributed by atoms with E-state index in [9.17, 15) is 9.90 Å². The molecule has 1 saturated heterocycles. The molecular formula is C14H19NO3. The largest absolute Gasteiger partial charge is 0.508 e. The minimum atomic E-state index is 0.206. The zero-order valence-electron chi connectivity index (χ0n) is 10.6. The van der Waals surface area contributed by atoms with Gasteiger partial charge in [0.1, 0.15) is 5.75 Å². The second kappa shape index (κ2) is 5.87. The minimum Gasteiger partial charge on any atom is -0.508 e. The second-order valence-electron chi connectivity index (χ2n) is 4.78. The Kier molecular flexibility index (Phi) is 4.20. The van der Waals surface area contributed by atoms with Crippen LogP contribution in [0.15, 0.2) is 24.3 Å². The van der Waals surface area contributed by atoms with E-state index in [-0.39, 0.29) is 11.7 Å². The summed E-state index contributed by atoms with van der Waals surface area (Å²) in [5.41, 5.74) is 1.08. The summed E-state index contributed by atoms with van der Waals surface area (Å²) in [5, 5.41) is 9.41. The Morgan fingerprint density at radius 3 is 3.06 bits per heavy atom. The molecule has 1 N–H and O–H groups in total. The molecule has 0 aromatic heterocycles. The van der Waals surface area contributed by atoms with Crippen molar-refractivity contribution < 1.29 is 14.6 Å². The first-order valence-corrected chi connectivity index (χ1v) is 6.23. The SMILES string of the molecule is COCCN1C[C@@H](Cc2cccc(O)c2)CC1=O. The van der Waals surface area contributed by atoms with Crippen LogP contribution >= 0.6 is 0 Å². The number of benzene rings is 1. The number of aromatic hydroxyl groups is 1. The number of hydrogen-bond acceptors (Lipinski definition) is 3. The highest BCUT2D eigenvalue weighted by Gasteiger charge is 2.29. The lowest BCUT2D eigenvalue weighted by molar-refractivity contribution is -0.128. The third-order valence-corrected chi connectivity index (χ3v) is 3.29. The Bertz CT molecular complexity index is 419. The Hall–Kier alpha value is -1.55. The van der Waals surface area contributed by atoms with Crippen molar-refractivity contribution in [3.63, 3.8) is 0 Å². The van der Waals surface area contributed by atoms with Gasteiger partial charge < -0.3 is 14.7 Å². The number of phenolic OH excluding ortho intramolecular Hbond substituents is 1. The van der Waals surface area contributed by atoms with Crippen molar-refractivity contribution >= 4 is 5.91 Å². The molecule has 0 spiro atoms. The quantitative estimate of drug-likeness (QED) is 0.858. The number of carbonyl (C=O) groups is 1. The molecule has 1 amide bonds. The van der Waals surface area contributed by atoms with Gasteiger partial charge in [-0.05, 0) is 30.0 Å². The number of hydrogen-bond donors (Lipinski definition) is 1. The number of ether oxygens (including phenoxy) is 1. The van der Waals surface area contributed by atoms with Gasteiger partial charge in [0.2, 0.25) is 5.91 Å². The summed E-state index contributed by atoms with van der Waals surface area (Å²) in [5.74, 6) is 0.835. The van der Waals surface area contributed by atoms with E-state index in [1.807, 2.05) is 17.0 Å². The molecule has 1 aliphatic rings. The zero-order valence-corrected chi connectivity index (χ0v) is 10.6. The van der Waals surface area contributed by atoms with Gasteiger partial charge in [0.05, 0.1) is 6.61 Å². The van der Waals surface area contributed by atoms with E-state index in [0.717, 1.165) is 18.5 Å². The van der Waals surface area contributed by atoms with Gasteiger partial charge in [-0.3, -0.25) is 4.79 Å². The van der Waals surface area contributed by atoms with E-state index < -0.39 is 0 Å². The number of amides is 1. The maximum atomic E-state index is 11.8. The summed E-state index contributed by atoms with van der Waals surface area (Å²) in [6, 6.07) is 7.25. The maximum absolute atomic E-state index is 11.8. The Morgan fingerprint density at radius 2 is 2.33 bits per heavy atom. The molecule has 0 unspecified atom stereocenters. The molecule has 1 aromatic rings. The van der Waals surface area contributed by atoms with Crippen molar-refractivity contribution in [2.45, 2.75) is 12.8 Å². The van der Waals surface area contributed by atoms with Gasteiger partial charge >= 0.3 is 0 Å². The fraction of sp³-hybridized carbons (Fsp3) is 0.500. The van der Waals surface area contributed by atoms with Crippen molar-refractivity contribution in [1.82, 2.24) is 4.90 Å². The van der Waals surface area contributed by atoms with Crippen LogP contribution in [0, 0.1) is 5.92 Å². The third-order valence-electron chi connectivity index (χ3n) is 3.29. The lowest BCUT2D eigenvalue weighted by Gasteiger charge is -2.15. The highest BCUT2D eigenvalue weighted by molar-refractivity contribution is 5.78. The molecule has 0 saturated carbocycles. The van der Waals surface area contributed by atoms with Gasteiger partial charge in [0.25, 0.3) is 0 Å². The topological polar surface area (TPSA) is 49.8 Å². The number of likely N-dealkylation sites (tertiary alicyclic amines) is 1. The summed E-state index contributed by atoms with van der Waals surface area (Å²) in [4.78, 5) is 13.6. The van der Waals surface area contributed by atoms with Gasteiger partial charge in [-0.2, -0.15) is 0 Å². The van der Waals surface area contributed by atoms with Crippen LogP contribution in [0.4, 0.5) is 0 Å². The van der Waals surface area contributed by atoms with Crippen LogP contribution in [0.2, 0.25) is 0 Å². The summed E-state index contributed by atoms with van der Waals surface area (Å²) in [6.07, 6.45) is 1.43. The molecule has 4 heteroatoms. The Labute approximate surface area is 107 Å². The lowest BCUT2D eigenvalue weighted by atomic mass is 9.98. The molecule has 1 fully saturated rings. The zero-order chi connectivity index (χ0) is 13.0. The van der Waals surface area contributed by atoms with Crippen molar-refractivity contribution in [1.29, 1.82) is 0 Å². The molecule has 98 valence electrons. The molecule has 4 nitrogen and oxygen atoms in total. The summed E-state index contributed by atoms with van der Waals surface area (Å²) < 4.78 is 4.99. The van der Waals surface area contributed by atoms with Crippen molar-refractivity contribution in [3.05, 3.63) is 29.8 Å². The van der Waals surface area contributed by atoms with Crippen LogP contribution in [0.25, 0.3) is 0 Å². The standard InChI is InChI=1S/C14H19NO3/c1-18-6-5-15-10-12(9-14(15)17)7-11-3-2-4-13(16)8-11/h2-4,8,12,16H,5-7,9-10H2,1H3/t12-/m0/s1. The molecule has 1 heterocycles. The van der Waals surface area contributed by atoms with E-state index in [0.29, 0.717) is 25.5 Å². The van der Waals surface area contributed by atoms with Gasteiger partial charge in [0, 0.05) is 26.6 Å². The number of rotatable bonds is 5.